The molecule has 0 spiro atoms. The van der Waals surface area contributed by atoms with Crippen molar-refractivity contribution in [1.82, 2.24) is 19.5 Å². The van der Waals surface area contributed by atoms with Gasteiger partial charge in [-0.3, -0.25) is 13.8 Å². The third-order valence-corrected chi connectivity index (χ3v) is 10.7. The Labute approximate surface area is 275 Å². The molecule has 11 nitrogen and oxygen atoms in total. The summed E-state index contributed by atoms with van der Waals surface area (Å²) in [5, 5.41) is 10.6. The van der Waals surface area contributed by atoms with Crippen molar-refractivity contribution in [1.29, 1.82) is 0 Å². The van der Waals surface area contributed by atoms with Crippen LogP contribution in [-0.4, -0.2) is 93.7 Å². The highest BCUT2D eigenvalue weighted by molar-refractivity contribution is 7.92. The Morgan fingerprint density at radius 2 is 1.80 bits per heavy atom. The number of pyridine rings is 2. The second kappa shape index (κ2) is 13.3. The summed E-state index contributed by atoms with van der Waals surface area (Å²) in [6.45, 7) is 8.61. The normalized spacial score (nSPS) is 21.5. The maximum absolute atomic E-state index is 11.9. The smallest absolute Gasteiger partial charge is 0.301 e. The average molecular weight is 686 g/mol. The van der Waals surface area contributed by atoms with Crippen molar-refractivity contribution in [2.24, 2.45) is 4.36 Å². The first kappa shape index (κ1) is 33.0. The van der Waals surface area contributed by atoms with Crippen molar-refractivity contribution in [2.75, 3.05) is 32.3 Å². The first-order valence-corrected chi connectivity index (χ1v) is 21.7. The van der Waals surface area contributed by atoms with Gasteiger partial charge in [-0.25, -0.2) is 9.35 Å². The fourth-order valence-electron chi connectivity index (χ4n) is 5.35. The lowest BCUT2D eigenvalue weighted by atomic mass is 10.1. The zero-order valence-electron chi connectivity index (χ0n) is 26.7. The highest BCUT2D eigenvalue weighted by Gasteiger charge is 2.49. The van der Waals surface area contributed by atoms with Gasteiger partial charge in [0, 0.05) is 54.2 Å². The van der Waals surface area contributed by atoms with E-state index in [1.165, 1.54) is 0 Å². The Hall–Kier alpha value is -2.91. The highest BCUT2D eigenvalue weighted by atomic mass is 35.5. The molecule has 4 aromatic rings. The van der Waals surface area contributed by atoms with Gasteiger partial charge in [0.1, 0.15) is 30.6 Å². The molecule has 6 rings (SSSR count). The molecular weight excluding hydrogens is 646 g/mol. The monoisotopic (exact) mass is 685 g/mol. The van der Waals surface area contributed by atoms with Crippen LogP contribution >= 0.6 is 11.6 Å². The fraction of sp³-hybridized carbons (Fsp3) is 0.469. The lowest BCUT2D eigenvalue weighted by Crippen LogP contribution is -2.35. The zero-order chi connectivity index (χ0) is 32.6. The number of hydrogen-bond acceptors (Lipinski definition) is 10. The van der Waals surface area contributed by atoms with Gasteiger partial charge >= 0.3 is 6.01 Å². The molecule has 2 saturated heterocycles. The molecule has 0 saturated carbocycles. The molecule has 3 aromatic heterocycles. The number of imidazole rings is 1. The van der Waals surface area contributed by atoms with Gasteiger partial charge in [-0.15, -0.1) is 0 Å². The van der Waals surface area contributed by atoms with Crippen LogP contribution in [0.2, 0.25) is 30.7 Å². The van der Waals surface area contributed by atoms with E-state index in [-0.39, 0.29) is 26.0 Å². The Kier molecular flexibility index (Phi) is 9.54. The molecule has 4 atom stereocenters. The molecule has 0 amide bonds. The van der Waals surface area contributed by atoms with E-state index in [2.05, 4.69) is 29.0 Å². The van der Waals surface area contributed by atoms with E-state index in [4.69, 9.17) is 40.5 Å². The second-order valence-corrected chi connectivity index (χ2v) is 21.9. The Morgan fingerprint density at radius 3 is 2.50 bits per heavy atom. The number of ether oxygens (including phenoxy) is 4. The van der Waals surface area contributed by atoms with Crippen LogP contribution in [0.1, 0.15) is 5.56 Å². The minimum absolute atomic E-state index is 0.205. The summed E-state index contributed by atoms with van der Waals surface area (Å²) >= 11 is 6.78. The molecule has 2 fully saturated rings. The van der Waals surface area contributed by atoms with E-state index < -0.39 is 36.1 Å². The lowest BCUT2D eigenvalue weighted by molar-refractivity contribution is 0.00336. The molecule has 1 N–H and O–H groups in total. The number of benzene rings is 1. The van der Waals surface area contributed by atoms with Gasteiger partial charge in [-0.1, -0.05) is 61.6 Å². The van der Waals surface area contributed by atoms with E-state index in [9.17, 15) is 9.32 Å². The molecule has 1 aromatic carbocycles. The van der Waals surface area contributed by atoms with E-state index in [1.807, 2.05) is 41.0 Å². The molecule has 2 aliphatic rings. The van der Waals surface area contributed by atoms with E-state index in [0.29, 0.717) is 41.0 Å². The van der Waals surface area contributed by atoms with Crippen LogP contribution in [0.25, 0.3) is 33.7 Å². The van der Waals surface area contributed by atoms with Gasteiger partial charge in [0.15, 0.2) is 11.8 Å². The number of aliphatic hydroxyl groups is 1. The van der Waals surface area contributed by atoms with Crippen molar-refractivity contribution in [3.05, 3.63) is 59.2 Å². The van der Waals surface area contributed by atoms with Crippen molar-refractivity contribution >= 4 is 40.6 Å². The Morgan fingerprint density at radius 1 is 1.07 bits per heavy atom. The minimum atomic E-state index is -2.16. The number of hydrogen-bond donors (Lipinski definition) is 1. The van der Waals surface area contributed by atoms with Crippen molar-refractivity contribution < 1.29 is 28.3 Å². The molecule has 14 heteroatoms. The van der Waals surface area contributed by atoms with Crippen LogP contribution < -0.4 is 4.74 Å². The molecule has 246 valence electrons. The van der Waals surface area contributed by atoms with Crippen LogP contribution in [0.5, 0.6) is 6.01 Å². The first-order valence-electron chi connectivity index (χ1n) is 15.3. The van der Waals surface area contributed by atoms with Crippen LogP contribution in [0, 0.1) is 0 Å². The maximum Gasteiger partial charge on any atom is 0.301 e. The zero-order valence-corrected chi connectivity index (χ0v) is 29.3. The van der Waals surface area contributed by atoms with Gasteiger partial charge in [-0.2, -0.15) is 4.98 Å². The maximum atomic E-state index is 11.9. The summed E-state index contributed by atoms with van der Waals surface area (Å²) in [5.41, 5.74) is 5.25. The lowest BCUT2D eigenvalue weighted by Gasteiger charge is -2.19. The molecule has 46 heavy (non-hydrogen) atoms. The predicted molar refractivity (Wildman–Crippen MR) is 181 cm³/mol. The number of nitrogens with zero attached hydrogens (tertiary/aromatic N) is 5. The molecule has 0 bridgehead atoms. The summed E-state index contributed by atoms with van der Waals surface area (Å²) < 4.78 is 41.9. The van der Waals surface area contributed by atoms with Crippen LogP contribution in [0.15, 0.2) is 53.0 Å². The number of halogens is 1. The van der Waals surface area contributed by atoms with Gasteiger partial charge in [0.05, 0.1) is 36.2 Å². The standard InChI is InChI=1S/C32H40ClN5O6SSi/c1-45(2,40)35-16-20-6-11-24(34-15-20)21-7-9-22(10-8-21)28-23(33)14-25-31(37-28)38(19-41-12-13-46(3,4)5)32(36-25)44-27-18-43-29-26(39)17-42-30(27)29/h6-11,14-15,26-27,29-30,39H,12-13,16-19H2,1-5H3/t26-,27-,29-,30-/m1/s1. The third-order valence-electron chi connectivity index (χ3n) is 7.93. The summed E-state index contributed by atoms with van der Waals surface area (Å²) in [6, 6.07) is 14.9. The predicted octanol–water partition coefficient (Wildman–Crippen LogP) is 5.26. The van der Waals surface area contributed by atoms with Gasteiger partial charge < -0.3 is 24.1 Å². The van der Waals surface area contributed by atoms with Gasteiger partial charge in [0.25, 0.3) is 0 Å². The van der Waals surface area contributed by atoms with Crippen LogP contribution in [0.3, 0.4) is 0 Å². The molecule has 5 heterocycles. The van der Waals surface area contributed by atoms with Crippen LogP contribution in [0.4, 0.5) is 0 Å². The Bertz CT molecular complexity index is 1810. The van der Waals surface area contributed by atoms with E-state index in [0.717, 1.165) is 28.4 Å². The summed E-state index contributed by atoms with van der Waals surface area (Å²) in [7, 11) is -3.45. The molecule has 0 unspecified atom stereocenters. The third kappa shape index (κ3) is 7.62. The molecular formula is C32H40ClN5O6SSi. The van der Waals surface area contributed by atoms with Gasteiger partial charge in [-0.05, 0) is 23.7 Å². The van der Waals surface area contributed by atoms with Crippen molar-refractivity contribution in [3.8, 4) is 28.5 Å². The largest absolute Gasteiger partial charge is 0.456 e. The number of fused-ring (bicyclic) bond motifs is 2. The topological polar surface area (TPSA) is 130 Å². The van der Waals surface area contributed by atoms with E-state index >= 15 is 0 Å². The van der Waals surface area contributed by atoms with Gasteiger partial charge in [0.2, 0.25) is 0 Å². The second-order valence-electron chi connectivity index (χ2n) is 13.2. The molecule has 2 aliphatic heterocycles. The molecule has 0 aliphatic carbocycles. The number of rotatable bonds is 11. The quantitative estimate of drug-likeness (QED) is 0.166. The summed E-state index contributed by atoms with van der Waals surface area (Å²) in [5.74, 6) is 0. The highest BCUT2D eigenvalue weighted by Crippen LogP contribution is 2.34. The minimum Gasteiger partial charge on any atom is -0.456 e. The number of aliphatic hydroxyl groups excluding tert-OH is 1. The Balaban J connectivity index is 1.27. The van der Waals surface area contributed by atoms with E-state index in [1.54, 1.807) is 24.8 Å². The first-order chi connectivity index (χ1) is 21.8. The molecule has 0 radical (unpaired) electrons. The summed E-state index contributed by atoms with van der Waals surface area (Å²) in [4.78, 5) is 14.3. The van der Waals surface area contributed by atoms with Crippen molar-refractivity contribution in [2.45, 2.75) is 63.4 Å². The van der Waals surface area contributed by atoms with Crippen molar-refractivity contribution in [3.63, 3.8) is 0 Å². The average Bonchev–Trinajstić information content (AvgIpc) is 3.68. The SMILES string of the molecule is C[Si](C)(C)CCOCn1c(O[C@@H]2CO[C@H]3[C@@H]2OC[C@H]3O)nc2cc(Cl)c(-c3ccc(-c4ccc(CN=S(C)(C)=O)cn4)cc3)nc21. The number of aromatic nitrogens is 4. The summed E-state index contributed by atoms with van der Waals surface area (Å²) in [6.07, 6.45) is 3.10. The van der Waals surface area contributed by atoms with Crippen LogP contribution in [-0.2, 0) is 37.2 Å². The fourth-order valence-corrected chi connectivity index (χ4v) is 6.82.